The summed E-state index contributed by atoms with van der Waals surface area (Å²) in [6.45, 7) is 0.319. The summed E-state index contributed by atoms with van der Waals surface area (Å²) in [5.74, 6) is -1.41. The van der Waals surface area contributed by atoms with Crippen molar-refractivity contribution in [3.8, 4) is 0 Å². The minimum atomic E-state index is -0.664. The van der Waals surface area contributed by atoms with Gasteiger partial charge >= 0.3 is 5.97 Å². The largest absolute Gasteiger partial charge is 0.452 e. The first-order valence-corrected chi connectivity index (χ1v) is 11.5. The van der Waals surface area contributed by atoms with E-state index in [-0.39, 0.29) is 5.91 Å². The summed E-state index contributed by atoms with van der Waals surface area (Å²) in [7, 11) is 1.56. The van der Waals surface area contributed by atoms with Crippen LogP contribution >= 0.6 is 22.9 Å². The van der Waals surface area contributed by atoms with E-state index < -0.39 is 18.5 Å². The van der Waals surface area contributed by atoms with Crippen LogP contribution in [0, 0.1) is 0 Å². The number of anilines is 1. The maximum atomic E-state index is 12.8. The molecular weight excluding hydrogens is 452 g/mol. The van der Waals surface area contributed by atoms with Gasteiger partial charge in [0, 0.05) is 29.6 Å². The van der Waals surface area contributed by atoms with Gasteiger partial charge in [-0.2, -0.15) is 0 Å². The fraction of sp³-hybridized carbons (Fsp3) is 0.348. The summed E-state index contributed by atoms with van der Waals surface area (Å²) in [5.41, 5.74) is 2.16. The first-order chi connectivity index (χ1) is 15.5. The topological polar surface area (TPSA) is 93.7 Å². The highest BCUT2D eigenvalue weighted by Crippen LogP contribution is 2.38. The molecule has 0 unspecified atom stereocenters. The first-order valence-electron chi connectivity index (χ1n) is 10.3. The van der Waals surface area contributed by atoms with Gasteiger partial charge in [0.2, 0.25) is 0 Å². The number of esters is 1. The van der Waals surface area contributed by atoms with E-state index in [9.17, 15) is 14.4 Å². The zero-order valence-corrected chi connectivity index (χ0v) is 19.3. The Bertz CT molecular complexity index is 1020. The molecule has 0 bridgehead atoms. The Morgan fingerprint density at radius 3 is 2.75 bits per heavy atom. The van der Waals surface area contributed by atoms with Crippen molar-refractivity contribution in [2.24, 2.45) is 0 Å². The van der Waals surface area contributed by atoms with Crippen LogP contribution in [0.2, 0.25) is 5.02 Å². The van der Waals surface area contributed by atoms with Gasteiger partial charge in [-0.15, -0.1) is 11.3 Å². The van der Waals surface area contributed by atoms with Crippen molar-refractivity contribution in [2.75, 3.05) is 32.2 Å². The molecule has 0 spiro atoms. The Labute approximate surface area is 195 Å². The van der Waals surface area contributed by atoms with Gasteiger partial charge in [-0.05, 0) is 49.0 Å². The van der Waals surface area contributed by atoms with Crippen LogP contribution in [0.1, 0.15) is 39.2 Å². The van der Waals surface area contributed by atoms with Crippen molar-refractivity contribution in [1.82, 2.24) is 5.32 Å². The molecule has 9 heteroatoms. The third kappa shape index (κ3) is 6.41. The van der Waals surface area contributed by atoms with Crippen molar-refractivity contribution < 1.29 is 23.9 Å². The van der Waals surface area contributed by atoms with Crippen LogP contribution in [-0.2, 0) is 31.9 Å². The second-order valence-corrected chi connectivity index (χ2v) is 8.69. The quantitative estimate of drug-likeness (QED) is 0.325. The van der Waals surface area contributed by atoms with Crippen LogP contribution in [0.3, 0.4) is 0 Å². The SMILES string of the molecule is COCCNC(=O)c1c(NC(=O)COC(=O)/C=C/c2ccccc2Cl)sc2c1CCCC2. The third-order valence-corrected chi connectivity index (χ3v) is 6.44. The fourth-order valence-corrected chi connectivity index (χ4v) is 4.87. The number of hydrogen-bond donors (Lipinski definition) is 2. The molecule has 2 N–H and O–H groups in total. The van der Waals surface area contributed by atoms with E-state index in [1.54, 1.807) is 31.4 Å². The zero-order chi connectivity index (χ0) is 22.9. The molecule has 0 aliphatic heterocycles. The Morgan fingerprint density at radius 1 is 1.19 bits per heavy atom. The smallest absolute Gasteiger partial charge is 0.331 e. The number of fused-ring (bicyclic) bond motifs is 1. The van der Waals surface area contributed by atoms with Gasteiger partial charge in [-0.1, -0.05) is 29.8 Å². The minimum absolute atomic E-state index is 0.239. The number of carbonyl (C=O) groups excluding carboxylic acids is 3. The lowest BCUT2D eigenvalue weighted by molar-refractivity contribution is -0.142. The van der Waals surface area contributed by atoms with Gasteiger partial charge in [0.05, 0.1) is 12.2 Å². The lowest BCUT2D eigenvalue weighted by atomic mass is 9.95. The van der Waals surface area contributed by atoms with Gasteiger partial charge in [-0.25, -0.2) is 4.79 Å². The molecule has 1 aromatic heterocycles. The van der Waals surface area contributed by atoms with Crippen LogP contribution in [-0.4, -0.2) is 44.7 Å². The summed E-state index contributed by atoms with van der Waals surface area (Å²) in [4.78, 5) is 38.2. The average molecular weight is 477 g/mol. The predicted molar refractivity (Wildman–Crippen MR) is 125 cm³/mol. The number of benzene rings is 1. The minimum Gasteiger partial charge on any atom is -0.452 e. The van der Waals surface area contributed by atoms with Gasteiger partial charge in [0.1, 0.15) is 5.00 Å². The molecule has 1 heterocycles. The number of carbonyl (C=O) groups is 3. The van der Waals surface area contributed by atoms with E-state index in [0.717, 1.165) is 36.1 Å². The molecule has 3 rings (SSSR count). The molecule has 0 radical (unpaired) electrons. The lowest BCUT2D eigenvalue weighted by Gasteiger charge is -2.13. The summed E-state index contributed by atoms with van der Waals surface area (Å²) in [6.07, 6.45) is 6.49. The normalized spacial score (nSPS) is 12.9. The third-order valence-electron chi connectivity index (χ3n) is 4.89. The van der Waals surface area contributed by atoms with E-state index in [2.05, 4.69) is 10.6 Å². The molecule has 1 aliphatic rings. The number of hydrogen-bond acceptors (Lipinski definition) is 6. The first kappa shape index (κ1) is 24.0. The Hall–Kier alpha value is -2.68. The Kier molecular flexibility index (Phi) is 8.84. The molecule has 1 aromatic carbocycles. The standard InChI is InChI=1S/C23H25ClN2O5S/c1-30-13-12-25-22(29)21-16-7-3-5-9-18(16)32-23(21)26-19(27)14-31-20(28)11-10-15-6-2-4-8-17(15)24/h2,4,6,8,10-11H,3,5,7,9,12-14H2,1H3,(H,25,29)(H,26,27)/b11-10+. The number of ether oxygens (including phenoxy) is 2. The highest BCUT2D eigenvalue weighted by Gasteiger charge is 2.26. The molecule has 2 amide bonds. The van der Waals surface area contributed by atoms with Crippen LogP contribution in [0.5, 0.6) is 0 Å². The number of halogens is 1. The summed E-state index contributed by atoms with van der Waals surface area (Å²) in [5, 5.41) is 6.56. The predicted octanol–water partition coefficient (Wildman–Crippen LogP) is 3.85. The van der Waals surface area contributed by atoms with Gasteiger partial charge in [0.15, 0.2) is 6.61 Å². The van der Waals surface area contributed by atoms with Gasteiger partial charge < -0.3 is 20.1 Å². The summed E-state index contributed by atoms with van der Waals surface area (Å²) in [6, 6.07) is 7.06. The van der Waals surface area contributed by atoms with E-state index in [1.165, 1.54) is 23.5 Å². The van der Waals surface area contributed by atoms with Crippen molar-refractivity contribution >= 4 is 51.8 Å². The monoisotopic (exact) mass is 476 g/mol. The van der Waals surface area contributed by atoms with Gasteiger partial charge in [-0.3, -0.25) is 9.59 Å². The molecule has 0 atom stereocenters. The van der Waals surface area contributed by atoms with Crippen molar-refractivity contribution in [2.45, 2.75) is 25.7 Å². The van der Waals surface area contributed by atoms with Gasteiger partial charge in [0.25, 0.3) is 11.8 Å². The number of amides is 2. The van der Waals surface area contributed by atoms with Crippen LogP contribution in [0.4, 0.5) is 5.00 Å². The lowest BCUT2D eigenvalue weighted by Crippen LogP contribution is -2.29. The van der Waals surface area contributed by atoms with E-state index in [0.29, 0.717) is 34.3 Å². The molecule has 0 fully saturated rings. The Morgan fingerprint density at radius 2 is 1.97 bits per heavy atom. The number of aryl methyl sites for hydroxylation is 1. The molecule has 1 aliphatic carbocycles. The van der Waals surface area contributed by atoms with E-state index >= 15 is 0 Å². The maximum Gasteiger partial charge on any atom is 0.331 e. The molecule has 7 nitrogen and oxygen atoms in total. The average Bonchev–Trinajstić information content (AvgIpc) is 3.15. The van der Waals surface area contributed by atoms with E-state index in [1.807, 2.05) is 0 Å². The molecule has 32 heavy (non-hydrogen) atoms. The molecule has 2 aromatic rings. The highest BCUT2D eigenvalue weighted by molar-refractivity contribution is 7.17. The number of methoxy groups -OCH3 is 1. The van der Waals surface area contributed by atoms with Crippen molar-refractivity contribution in [3.63, 3.8) is 0 Å². The molecule has 0 saturated carbocycles. The molecule has 170 valence electrons. The van der Waals surface area contributed by atoms with E-state index in [4.69, 9.17) is 21.1 Å². The zero-order valence-electron chi connectivity index (χ0n) is 17.7. The second kappa shape index (κ2) is 11.8. The fourth-order valence-electron chi connectivity index (χ4n) is 3.36. The summed E-state index contributed by atoms with van der Waals surface area (Å²) < 4.78 is 10.0. The molecular formula is C23H25ClN2O5S. The summed E-state index contributed by atoms with van der Waals surface area (Å²) >= 11 is 7.45. The van der Waals surface area contributed by atoms with Crippen LogP contribution in [0.15, 0.2) is 30.3 Å². The maximum absolute atomic E-state index is 12.8. The number of nitrogens with one attached hydrogen (secondary N) is 2. The number of thiophene rings is 1. The second-order valence-electron chi connectivity index (χ2n) is 7.17. The highest BCUT2D eigenvalue weighted by atomic mass is 35.5. The molecule has 0 saturated heterocycles. The van der Waals surface area contributed by atoms with Crippen molar-refractivity contribution in [1.29, 1.82) is 0 Å². The van der Waals surface area contributed by atoms with Crippen LogP contribution < -0.4 is 10.6 Å². The van der Waals surface area contributed by atoms with Crippen LogP contribution in [0.25, 0.3) is 6.08 Å². The van der Waals surface area contributed by atoms with Crippen molar-refractivity contribution in [3.05, 3.63) is 56.9 Å². The number of rotatable bonds is 9. The Balaban J connectivity index is 1.61.